The maximum absolute atomic E-state index is 11.5. The molecule has 0 unspecified atom stereocenters. The van der Waals surface area contributed by atoms with E-state index in [1.54, 1.807) is 11.8 Å². The Morgan fingerprint density at radius 1 is 1.45 bits per heavy atom. The van der Waals surface area contributed by atoms with Gasteiger partial charge in [-0.15, -0.1) is 5.10 Å². The number of carbonyl (C=O) groups excluding carboxylic acids is 1. The molecule has 1 aliphatic rings. The van der Waals surface area contributed by atoms with Gasteiger partial charge < -0.3 is 15.0 Å². The number of H-pyrrole nitrogens is 2. The van der Waals surface area contributed by atoms with Crippen LogP contribution in [0, 0.1) is 0 Å². The van der Waals surface area contributed by atoms with Gasteiger partial charge in [0.25, 0.3) is 5.56 Å². The Morgan fingerprint density at radius 3 is 2.75 bits per heavy atom. The SMILES string of the molecule is CCOC(=O)N1CCC(Nc2n[nH]c(=O)[nH]c2=O)CC1. The van der Waals surface area contributed by atoms with Crippen molar-refractivity contribution >= 4 is 11.9 Å². The summed E-state index contributed by atoms with van der Waals surface area (Å²) in [7, 11) is 0. The topological polar surface area (TPSA) is 120 Å². The van der Waals surface area contributed by atoms with Crippen molar-refractivity contribution in [1.29, 1.82) is 0 Å². The predicted molar refractivity (Wildman–Crippen MR) is 70.7 cm³/mol. The molecule has 0 bridgehead atoms. The van der Waals surface area contributed by atoms with Crippen LogP contribution in [0.3, 0.4) is 0 Å². The normalized spacial score (nSPS) is 15.9. The van der Waals surface area contributed by atoms with Crippen LogP contribution in [0.2, 0.25) is 0 Å². The number of likely N-dealkylation sites (tertiary alicyclic amines) is 1. The summed E-state index contributed by atoms with van der Waals surface area (Å²) in [6.45, 7) is 3.23. The molecule has 20 heavy (non-hydrogen) atoms. The summed E-state index contributed by atoms with van der Waals surface area (Å²) < 4.78 is 4.93. The highest BCUT2D eigenvalue weighted by Crippen LogP contribution is 2.13. The van der Waals surface area contributed by atoms with Crippen molar-refractivity contribution in [3.63, 3.8) is 0 Å². The standard InChI is InChI=1S/C11H17N5O4/c1-2-20-11(19)16-5-3-7(4-6-16)12-8-9(17)13-10(18)15-14-8/h7H,2-6H2,1H3,(H,12,14)(H2,13,15,17,18). The minimum atomic E-state index is -0.641. The molecule has 3 N–H and O–H groups in total. The third-order valence-electron chi connectivity index (χ3n) is 3.07. The summed E-state index contributed by atoms with van der Waals surface area (Å²) in [5, 5.41) is 8.79. The van der Waals surface area contributed by atoms with Gasteiger partial charge in [-0.1, -0.05) is 0 Å². The molecule has 2 rings (SSSR count). The van der Waals surface area contributed by atoms with Gasteiger partial charge in [0.2, 0.25) is 5.82 Å². The zero-order valence-corrected chi connectivity index (χ0v) is 11.1. The van der Waals surface area contributed by atoms with Gasteiger partial charge in [-0.2, -0.15) is 0 Å². The minimum absolute atomic E-state index is 0.0279. The first-order valence-electron chi connectivity index (χ1n) is 6.47. The molecule has 0 spiro atoms. The van der Waals surface area contributed by atoms with Crippen LogP contribution in [0.15, 0.2) is 9.59 Å². The van der Waals surface area contributed by atoms with Crippen LogP contribution in [-0.4, -0.2) is 51.9 Å². The summed E-state index contributed by atoms with van der Waals surface area (Å²) in [6, 6.07) is 0.0279. The molecular weight excluding hydrogens is 266 g/mol. The average molecular weight is 283 g/mol. The van der Waals surface area contributed by atoms with Gasteiger partial charge in [0.1, 0.15) is 0 Å². The van der Waals surface area contributed by atoms with Crippen molar-refractivity contribution in [3.8, 4) is 0 Å². The van der Waals surface area contributed by atoms with Crippen molar-refractivity contribution in [2.45, 2.75) is 25.8 Å². The van der Waals surface area contributed by atoms with E-state index in [0.29, 0.717) is 32.5 Å². The molecule has 1 aromatic heterocycles. The van der Waals surface area contributed by atoms with E-state index in [4.69, 9.17) is 4.74 Å². The first kappa shape index (κ1) is 14.1. The maximum Gasteiger partial charge on any atom is 0.409 e. The van der Waals surface area contributed by atoms with Gasteiger partial charge in [-0.05, 0) is 19.8 Å². The molecule has 2 heterocycles. The Balaban J connectivity index is 1.90. The van der Waals surface area contributed by atoms with E-state index in [-0.39, 0.29) is 18.0 Å². The third-order valence-corrected chi connectivity index (χ3v) is 3.07. The second-order valence-corrected chi connectivity index (χ2v) is 4.46. The first-order chi connectivity index (χ1) is 9.60. The molecule has 1 saturated heterocycles. The van der Waals surface area contributed by atoms with Crippen LogP contribution in [0.25, 0.3) is 0 Å². The monoisotopic (exact) mass is 283 g/mol. The van der Waals surface area contributed by atoms with Gasteiger partial charge in [-0.3, -0.25) is 9.78 Å². The Kier molecular flexibility index (Phi) is 4.38. The molecule has 0 atom stereocenters. The lowest BCUT2D eigenvalue weighted by atomic mass is 10.1. The number of piperidine rings is 1. The Labute approximate surface area is 114 Å². The number of anilines is 1. The number of aromatic nitrogens is 3. The molecule has 1 aromatic rings. The second kappa shape index (κ2) is 6.22. The number of hydrogen-bond acceptors (Lipinski definition) is 6. The third kappa shape index (κ3) is 3.37. The molecular formula is C11H17N5O4. The van der Waals surface area contributed by atoms with Gasteiger partial charge in [0, 0.05) is 19.1 Å². The van der Waals surface area contributed by atoms with Crippen LogP contribution in [0.4, 0.5) is 10.6 Å². The molecule has 0 aromatic carbocycles. The van der Waals surface area contributed by atoms with Crippen LogP contribution in [0.1, 0.15) is 19.8 Å². The number of nitrogens with one attached hydrogen (secondary N) is 3. The van der Waals surface area contributed by atoms with E-state index in [0.717, 1.165) is 0 Å². The molecule has 0 saturated carbocycles. The quantitative estimate of drug-likeness (QED) is 0.687. The lowest BCUT2D eigenvalue weighted by molar-refractivity contribution is 0.0983. The van der Waals surface area contributed by atoms with Crippen LogP contribution in [0.5, 0.6) is 0 Å². The number of rotatable bonds is 3. The lowest BCUT2D eigenvalue weighted by Gasteiger charge is -2.31. The Hall–Kier alpha value is -2.32. The van der Waals surface area contributed by atoms with E-state index in [2.05, 4.69) is 20.5 Å². The number of aromatic amines is 2. The second-order valence-electron chi connectivity index (χ2n) is 4.46. The summed E-state index contributed by atoms with van der Waals surface area (Å²) in [6.07, 6.45) is 1.05. The van der Waals surface area contributed by atoms with Gasteiger partial charge in [0.15, 0.2) is 0 Å². The van der Waals surface area contributed by atoms with Gasteiger partial charge in [-0.25, -0.2) is 14.7 Å². The molecule has 110 valence electrons. The molecule has 1 fully saturated rings. The fourth-order valence-corrected chi connectivity index (χ4v) is 2.06. The molecule has 9 heteroatoms. The van der Waals surface area contributed by atoms with Crippen LogP contribution < -0.4 is 16.6 Å². The number of ether oxygens (including phenoxy) is 1. The fourth-order valence-electron chi connectivity index (χ4n) is 2.06. The summed E-state index contributed by atoms with van der Waals surface area (Å²) in [5.41, 5.74) is -1.20. The molecule has 9 nitrogen and oxygen atoms in total. The average Bonchev–Trinajstić information content (AvgIpc) is 2.43. The van der Waals surface area contributed by atoms with Crippen molar-refractivity contribution in [3.05, 3.63) is 20.8 Å². The van der Waals surface area contributed by atoms with E-state index >= 15 is 0 Å². The zero-order valence-electron chi connectivity index (χ0n) is 11.1. The summed E-state index contributed by atoms with van der Waals surface area (Å²) >= 11 is 0. The van der Waals surface area contributed by atoms with Gasteiger partial charge >= 0.3 is 11.8 Å². The molecule has 1 aliphatic heterocycles. The van der Waals surface area contributed by atoms with Crippen molar-refractivity contribution in [2.75, 3.05) is 25.0 Å². The molecule has 0 radical (unpaired) electrons. The summed E-state index contributed by atoms with van der Waals surface area (Å²) in [5.74, 6) is 0.0826. The largest absolute Gasteiger partial charge is 0.450 e. The summed E-state index contributed by atoms with van der Waals surface area (Å²) in [4.78, 5) is 37.6. The van der Waals surface area contributed by atoms with E-state index in [1.807, 2.05) is 0 Å². The van der Waals surface area contributed by atoms with Crippen molar-refractivity contribution in [2.24, 2.45) is 0 Å². The van der Waals surface area contributed by atoms with Crippen molar-refractivity contribution < 1.29 is 9.53 Å². The van der Waals surface area contributed by atoms with Gasteiger partial charge in [0.05, 0.1) is 6.61 Å². The maximum atomic E-state index is 11.5. The molecule has 1 amide bonds. The number of amides is 1. The van der Waals surface area contributed by atoms with E-state index < -0.39 is 11.2 Å². The first-order valence-corrected chi connectivity index (χ1v) is 6.47. The highest BCUT2D eigenvalue weighted by atomic mass is 16.6. The van der Waals surface area contributed by atoms with E-state index in [9.17, 15) is 14.4 Å². The highest BCUT2D eigenvalue weighted by molar-refractivity contribution is 5.67. The van der Waals surface area contributed by atoms with Crippen LogP contribution in [-0.2, 0) is 4.74 Å². The number of hydrogen-bond donors (Lipinski definition) is 3. The lowest BCUT2D eigenvalue weighted by Crippen LogP contribution is -2.43. The zero-order chi connectivity index (χ0) is 14.5. The number of nitrogens with zero attached hydrogens (tertiary/aromatic N) is 2. The van der Waals surface area contributed by atoms with Crippen molar-refractivity contribution in [1.82, 2.24) is 20.1 Å². The fraction of sp³-hybridized carbons (Fsp3) is 0.636. The predicted octanol–water partition coefficient (Wildman–Crippen LogP) is -0.509. The van der Waals surface area contributed by atoms with E-state index in [1.165, 1.54) is 0 Å². The minimum Gasteiger partial charge on any atom is -0.450 e. The molecule has 0 aliphatic carbocycles. The highest BCUT2D eigenvalue weighted by Gasteiger charge is 2.24. The Morgan fingerprint density at radius 2 is 2.15 bits per heavy atom. The van der Waals surface area contributed by atoms with Crippen LogP contribution >= 0.6 is 0 Å². The Bertz CT molecular complexity index is 573. The smallest absolute Gasteiger partial charge is 0.409 e. The number of carbonyl (C=O) groups is 1.